The van der Waals surface area contributed by atoms with Crippen molar-refractivity contribution in [2.24, 2.45) is 0 Å². The summed E-state index contributed by atoms with van der Waals surface area (Å²) in [5.74, 6) is 1.76. The molecule has 0 saturated carbocycles. The number of nitrogens with zero attached hydrogens (tertiary/aromatic N) is 4. The van der Waals surface area contributed by atoms with Crippen LogP contribution >= 0.6 is 0 Å². The SMILES string of the molecule is c1ccc(-c2ccc(-c3nc(-c4ccccc4)nc(-c4ccc(-n5c6ccccc6c6ccc7c8ccccc8oc7c65)c5oc6ccccc6c45)n3)cc2)cc1. The number of aromatic nitrogens is 4. The molecule has 0 bridgehead atoms. The van der Waals surface area contributed by atoms with Gasteiger partial charge in [-0.3, -0.25) is 0 Å². The zero-order valence-corrected chi connectivity index (χ0v) is 30.4. The van der Waals surface area contributed by atoms with E-state index in [0.717, 1.165) is 99.2 Å². The van der Waals surface area contributed by atoms with Crippen LogP contribution in [0, 0.1) is 0 Å². The third kappa shape index (κ3) is 4.87. The van der Waals surface area contributed by atoms with Gasteiger partial charge in [-0.15, -0.1) is 0 Å². The van der Waals surface area contributed by atoms with E-state index >= 15 is 0 Å². The molecule has 0 atom stereocenters. The second-order valence-electron chi connectivity index (χ2n) is 14.3. The van der Waals surface area contributed by atoms with Gasteiger partial charge in [-0.1, -0.05) is 146 Å². The van der Waals surface area contributed by atoms with Gasteiger partial charge in [-0.2, -0.15) is 0 Å². The molecule has 0 saturated heterocycles. The van der Waals surface area contributed by atoms with Crippen molar-refractivity contribution in [2.45, 2.75) is 0 Å². The quantitative estimate of drug-likeness (QED) is 0.176. The number of para-hydroxylation sites is 3. The van der Waals surface area contributed by atoms with Crippen molar-refractivity contribution in [3.63, 3.8) is 0 Å². The van der Waals surface area contributed by atoms with Crippen LogP contribution in [0.25, 0.3) is 117 Å². The molecule has 12 aromatic rings. The first-order valence-corrected chi connectivity index (χ1v) is 19.0. The Kier molecular flexibility index (Phi) is 6.83. The Morgan fingerprint density at radius 3 is 1.63 bits per heavy atom. The summed E-state index contributed by atoms with van der Waals surface area (Å²) in [7, 11) is 0. The fourth-order valence-corrected chi connectivity index (χ4v) is 8.44. The minimum absolute atomic E-state index is 0.566. The minimum Gasteiger partial charge on any atom is -0.454 e. The average molecular weight is 731 g/mol. The molecule has 0 aliphatic carbocycles. The van der Waals surface area contributed by atoms with Crippen LogP contribution in [0.5, 0.6) is 0 Å². The topological polar surface area (TPSA) is 69.9 Å². The molecule has 266 valence electrons. The van der Waals surface area contributed by atoms with Crippen molar-refractivity contribution < 1.29 is 8.83 Å². The van der Waals surface area contributed by atoms with Crippen molar-refractivity contribution in [1.82, 2.24) is 19.5 Å². The highest BCUT2D eigenvalue weighted by molar-refractivity contribution is 6.23. The Hall–Kier alpha value is -7.83. The molecule has 4 aromatic heterocycles. The fourth-order valence-electron chi connectivity index (χ4n) is 8.44. The van der Waals surface area contributed by atoms with E-state index < -0.39 is 0 Å². The lowest BCUT2D eigenvalue weighted by molar-refractivity contribution is 0.665. The highest BCUT2D eigenvalue weighted by Gasteiger charge is 2.25. The van der Waals surface area contributed by atoms with Crippen molar-refractivity contribution in [3.8, 4) is 51.0 Å². The molecule has 0 aliphatic heterocycles. The number of hydrogen-bond acceptors (Lipinski definition) is 5. The van der Waals surface area contributed by atoms with Gasteiger partial charge in [0.1, 0.15) is 11.2 Å². The lowest BCUT2D eigenvalue weighted by Gasteiger charge is -2.13. The van der Waals surface area contributed by atoms with Gasteiger partial charge in [0.05, 0.1) is 16.7 Å². The van der Waals surface area contributed by atoms with Crippen molar-refractivity contribution in [1.29, 1.82) is 0 Å². The summed E-state index contributed by atoms with van der Waals surface area (Å²) < 4.78 is 15.9. The summed E-state index contributed by atoms with van der Waals surface area (Å²) in [6.07, 6.45) is 0. The van der Waals surface area contributed by atoms with Crippen molar-refractivity contribution in [3.05, 3.63) is 182 Å². The molecule has 57 heavy (non-hydrogen) atoms. The molecule has 0 N–H and O–H groups in total. The summed E-state index contributed by atoms with van der Waals surface area (Å²) >= 11 is 0. The van der Waals surface area contributed by atoms with Crippen LogP contribution in [-0.2, 0) is 0 Å². The van der Waals surface area contributed by atoms with E-state index in [1.165, 1.54) is 0 Å². The van der Waals surface area contributed by atoms with Gasteiger partial charge in [-0.25, -0.2) is 15.0 Å². The average Bonchev–Trinajstić information content (AvgIpc) is 3.97. The zero-order chi connectivity index (χ0) is 37.5. The smallest absolute Gasteiger partial charge is 0.164 e. The molecular formula is C51H30N4O2. The lowest BCUT2D eigenvalue weighted by atomic mass is 10.0. The van der Waals surface area contributed by atoms with E-state index in [-0.39, 0.29) is 0 Å². The van der Waals surface area contributed by atoms with Gasteiger partial charge in [0.2, 0.25) is 0 Å². The van der Waals surface area contributed by atoms with Crippen LogP contribution < -0.4 is 0 Å². The standard InChI is InChI=1S/C51H30N4O2/c1-3-13-31(14-4-1)32-23-25-34(26-24-32)50-52-49(33-15-5-2-6-16-33)53-51(54-50)40-29-30-42(48-45(40)39-19-9-12-22-44(39)57-48)55-41-20-10-7-17-35(41)37-27-28-38-36-18-8-11-21-43(36)56-47(38)46(37)55/h1-30H. The second kappa shape index (κ2) is 12.3. The molecule has 12 rings (SSSR count). The number of fused-ring (bicyclic) bond motifs is 10. The summed E-state index contributed by atoms with van der Waals surface area (Å²) in [4.78, 5) is 15.4. The Labute approximate surface area is 325 Å². The predicted octanol–water partition coefficient (Wildman–Crippen LogP) is 13.4. The minimum atomic E-state index is 0.566. The van der Waals surface area contributed by atoms with Crippen LogP contribution in [0.3, 0.4) is 0 Å². The van der Waals surface area contributed by atoms with Gasteiger partial charge in [0.15, 0.2) is 28.6 Å². The van der Waals surface area contributed by atoms with Gasteiger partial charge in [-0.05, 0) is 47.5 Å². The van der Waals surface area contributed by atoms with Gasteiger partial charge in [0, 0.05) is 49.0 Å². The summed E-state index contributed by atoms with van der Waals surface area (Å²) in [6, 6.07) is 62.5. The van der Waals surface area contributed by atoms with E-state index in [9.17, 15) is 0 Å². The maximum Gasteiger partial charge on any atom is 0.164 e. The van der Waals surface area contributed by atoms with E-state index in [1.54, 1.807) is 0 Å². The van der Waals surface area contributed by atoms with E-state index in [0.29, 0.717) is 17.5 Å². The Morgan fingerprint density at radius 1 is 0.351 bits per heavy atom. The van der Waals surface area contributed by atoms with Gasteiger partial charge < -0.3 is 13.4 Å². The number of furan rings is 2. The van der Waals surface area contributed by atoms with Gasteiger partial charge >= 0.3 is 0 Å². The lowest BCUT2D eigenvalue weighted by Crippen LogP contribution is -2.01. The highest BCUT2D eigenvalue weighted by Crippen LogP contribution is 2.44. The predicted molar refractivity (Wildman–Crippen MR) is 230 cm³/mol. The van der Waals surface area contributed by atoms with E-state index in [2.05, 4.69) is 126 Å². The number of hydrogen-bond donors (Lipinski definition) is 0. The van der Waals surface area contributed by atoms with Crippen LogP contribution in [-0.4, -0.2) is 19.5 Å². The van der Waals surface area contributed by atoms with Crippen molar-refractivity contribution >= 4 is 65.7 Å². The Balaban J connectivity index is 1.13. The molecule has 6 heteroatoms. The van der Waals surface area contributed by atoms with Crippen LogP contribution in [0.1, 0.15) is 0 Å². The summed E-state index contributed by atoms with van der Waals surface area (Å²) in [5.41, 5.74) is 11.1. The molecule has 0 amide bonds. The molecule has 4 heterocycles. The van der Waals surface area contributed by atoms with Crippen LogP contribution in [0.15, 0.2) is 191 Å². The molecule has 0 fully saturated rings. The molecule has 0 aliphatic rings. The molecule has 8 aromatic carbocycles. The first-order valence-electron chi connectivity index (χ1n) is 19.0. The monoisotopic (exact) mass is 730 g/mol. The maximum atomic E-state index is 6.90. The highest BCUT2D eigenvalue weighted by atomic mass is 16.3. The molecular weight excluding hydrogens is 701 g/mol. The second-order valence-corrected chi connectivity index (χ2v) is 14.3. The molecule has 0 spiro atoms. The van der Waals surface area contributed by atoms with E-state index in [4.69, 9.17) is 23.8 Å². The van der Waals surface area contributed by atoms with Crippen molar-refractivity contribution in [2.75, 3.05) is 0 Å². The fraction of sp³-hybridized carbons (Fsp3) is 0. The van der Waals surface area contributed by atoms with Crippen LogP contribution in [0.4, 0.5) is 0 Å². The number of benzene rings is 8. The zero-order valence-electron chi connectivity index (χ0n) is 30.4. The normalized spacial score (nSPS) is 11.9. The third-order valence-corrected chi connectivity index (χ3v) is 11.1. The largest absolute Gasteiger partial charge is 0.454 e. The number of rotatable bonds is 5. The molecule has 0 radical (unpaired) electrons. The van der Waals surface area contributed by atoms with E-state index in [1.807, 2.05) is 60.7 Å². The maximum absolute atomic E-state index is 6.90. The van der Waals surface area contributed by atoms with Gasteiger partial charge in [0.25, 0.3) is 0 Å². The summed E-state index contributed by atoms with van der Waals surface area (Å²) in [5, 5.41) is 6.32. The first kappa shape index (κ1) is 31.5. The third-order valence-electron chi connectivity index (χ3n) is 11.1. The Morgan fingerprint density at radius 2 is 0.877 bits per heavy atom. The Bertz CT molecular complexity index is 3510. The van der Waals surface area contributed by atoms with Crippen LogP contribution in [0.2, 0.25) is 0 Å². The summed E-state index contributed by atoms with van der Waals surface area (Å²) in [6.45, 7) is 0. The molecule has 6 nitrogen and oxygen atoms in total. The molecule has 0 unspecified atom stereocenters. The first-order chi connectivity index (χ1) is 28.3.